The van der Waals surface area contributed by atoms with Crippen LogP contribution >= 0.6 is 0 Å². The van der Waals surface area contributed by atoms with Gasteiger partial charge in [0.1, 0.15) is 0 Å². The van der Waals surface area contributed by atoms with Crippen molar-refractivity contribution >= 4 is 0 Å². The van der Waals surface area contributed by atoms with E-state index in [1.54, 1.807) is 0 Å². The van der Waals surface area contributed by atoms with E-state index in [0.29, 0.717) is 10.8 Å². The normalized spacial score (nSPS) is 49.1. The molecule has 2 bridgehead atoms. The second-order valence-corrected chi connectivity index (χ2v) is 7.76. The molecule has 3 aliphatic rings. The van der Waals surface area contributed by atoms with Crippen LogP contribution in [0.1, 0.15) is 46.5 Å². The quantitative estimate of drug-likeness (QED) is 0.792. The van der Waals surface area contributed by atoms with Gasteiger partial charge in [-0.2, -0.15) is 0 Å². The summed E-state index contributed by atoms with van der Waals surface area (Å²) in [6.45, 7) is 10.0. The van der Waals surface area contributed by atoms with Crippen molar-refractivity contribution in [1.82, 2.24) is 10.2 Å². The second-order valence-electron chi connectivity index (χ2n) is 7.76. The standard InChI is InChI=1S/C15H28N2/c1-14(2)11-5-7-15(3,9-11)13(14)16-12-6-8-17(4)10-12/h11-13,16H,5-10H2,1-4H3. The van der Waals surface area contributed by atoms with E-state index in [-0.39, 0.29) is 0 Å². The summed E-state index contributed by atoms with van der Waals surface area (Å²) in [5.41, 5.74) is 1.09. The summed E-state index contributed by atoms with van der Waals surface area (Å²) in [5.74, 6) is 0.962. The van der Waals surface area contributed by atoms with E-state index in [1.807, 2.05) is 0 Å². The van der Waals surface area contributed by atoms with Gasteiger partial charge in [0.2, 0.25) is 0 Å². The van der Waals surface area contributed by atoms with Crippen molar-refractivity contribution in [2.24, 2.45) is 16.7 Å². The zero-order chi connectivity index (χ0) is 12.3. The van der Waals surface area contributed by atoms with E-state index in [1.165, 1.54) is 38.8 Å². The summed E-state index contributed by atoms with van der Waals surface area (Å²) >= 11 is 0. The highest BCUT2D eigenvalue weighted by Crippen LogP contribution is 2.62. The van der Waals surface area contributed by atoms with Crippen molar-refractivity contribution in [1.29, 1.82) is 0 Å². The van der Waals surface area contributed by atoms with Crippen LogP contribution in [-0.2, 0) is 0 Å². The Hall–Kier alpha value is -0.0800. The van der Waals surface area contributed by atoms with Gasteiger partial charge in [-0.15, -0.1) is 0 Å². The van der Waals surface area contributed by atoms with E-state index in [2.05, 4.69) is 38.0 Å². The average Bonchev–Trinajstić information content (AvgIpc) is 2.85. The van der Waals surface area contributed by atoms with Crippen LogP contribution in [0.3, 0.4) is 0 Å². The summed E-state index contributed by atoms with van der Waals surface area (Å²) in [4.78, 5) is 2.46. The third-order valence-electron chi connectivity index (χ3n) is 6.06. The summed E-state index contributed by atoms with van der Waals surface area (Å²) in [7, 11) is 2.25. The first kappa shape index (κ1) is 12.0. The third kappa shape index (κ3) is 1.76. The lowest BCUT2D eigenvalue weighted by Gasteiger charge is -2.44. The van der Waals surface area contributed by atoms with Gasteiger partial charge in [0.15, 0.2) is 0 Å². The van der Waals surface area contributed by atoms with Crippen LogP contribution in [0.5, 0.6) is 0 Å². The number of rotatable bonds is 2. The van der Waals surface area contributed by atoms with Gasteiger partial charge in [-0.05, 0) is 56.0 Å². The molecule has 0 radical (unpaired) electrons. The lowest BCUT2D eigenvalue weighted by atomic mass is 9.68. The maximum absolute atomic E-state index is 4.03. The fourth-order valence-corrected chi connectivity index (χ4v) is 5.02. The molecule has 17 heavy (non-hydrogen) atoms. The zero-order valence-electron chi connectivity index (χ0n) is 11.9. The molecule has 4 unspecified atom stereocenters. The number of likely N-dealkylation sites (N-methyl/N-ethyl adjacent to an activating group) is 1. The molecule has 0 aromatic rings. The third-order valence-corrected chi connectivity index (χ3v) is 6.06. The van der Waals surface area contributed by atoms with Gasteiger partial charge >= 0.3 is 0 Å². The van der Waals surface area contributed by atoms with Crippen molar-refractivity contribution < 1.29 is 0 Å². The minimum Gasteiger partial charge on any atom is -0.309 e. The van der Waals surface area contributed by atoms with E-state index in [9.17, 15) is 0 Å². The van der Waals surface area contributed by atoms with Crippen molar-refractivity contribution in [2.45, 2.75) is 58.5 Å². The molecular weight excluding hydrogens is 208 g/mol. The Kier molecular flexibility index (Phi) is 2.61. The van der Waals surface area contributed by atoms with Crippen LogP contribution in [-0.4, -0.2) is 37.1 Å². The maximum Gasteiger partial charge on any atom is 0.0210 e. The van der Waals surface area contributed by atoms with Crippen molar-refractivity contribution in [2.75, 3.05) is 20.1 Å². The molecule has 98 valence electrons. The van der Waals surface area contributed by atoms with E-state index < -0.39 is 0 Å². The van der Waals surface area contributed by atoms with Crippen molar-refractivity contribution in [3.05, 3.63) is 0 Å². The molecule has 0 aromatic heterocycles. The van der Waals surface area contributed by atoms with Gasteiger partial charge in [0, 0.05) is 18.6 Å². The maximum atomic E-state index is 4.03. The number of nitrogens with zero attached hydrogens (tertiary/aromatic N) is 1. The molecule has 3 rings (SSSR count). The molecule has 2 heteroatoms. The van der Waals surface area contributed by atoms with Gasteiger partial charge < -0.3 is 10.2 Å². The van der Waals surface area contributed by atoms with Gasteiger partial charge in [-0.25, -0.2) is 0 Å². The molecule has 0 aromatic carbocycles. The summed E-state index contributed by atoms with van der Waals surface area (Å²) in [5, 5.41) is 4.03. The molecule has 1 N–H and O–H groups in total. The molecule has 0 spiro atoms. The lowest BCUT2D eigenvalue weighted by Crippen LogP contribution is -2.54. The molecular formula is C15H28N2. The van der Waals surface area contributed by atoms with E-state index >= 15 is 0 Å². The molecule has 1 saturated heterocycles. The minimum absolute atomic E-state index is 0.508. The average molecular weight is 236 g/mol. The predicted molar refractivity (Wildman–Crippen MR) is 72.1 cm³/mol. The first-order chi connectivity index (χ1) is 7.92. The molecule has 1 aliphatic heterocycles. The fourth-order valence-electron chi connectivity index (χ4n) is 5.02. The first-order valence-electron chi connectivity index (χ1n) is 7.36. The lowest BCUT2D eigenvalue weighted by molar-refractivity contribution is 0.0992. The van der Waals surface area contributed by atoms with Crippen molar-refractivity contribution in [3.8, 4) is 0 Å². The van der Waals surface area contributed by atoms with Gasteiger partial charge in [0.05, 0.1) is 0 Å². The summed E-state index contributed by atoms with van der Waals surface area (Å²) < 4.78 is 0. The van der Waals surface area contributed by atoms with Gasteiger partial charge in [0.25, 0.3) is 0 Å². The Morgan fingerprint density at radius 3 is 2.47 bits per heavy atom. The summed E-state index contributed by atoms with van der Waals surface area (Å²) in [6.07, 6.45) is 5.71. The number of likely N-dealkylation sites (tertiary alicyclic amines) is 1. The number of fused-ring (bicyclic) bond motifs is 2. The van der Waals surface area contributed by atoms with Crippen molar-refractivity contribution in [3.63, 3.8) is 0 Å². The van der Waals surface area contributed by atoms with E-state index in [4.69, 9.17) is 0 Å². The number of hydrogen-bond acceptors (Lipinski definition) is 2. The molecule has 4 atom stereocenters. The number of hydrogen-bond donors (Lipinski definition) is 1. The Morgan fingerprint density at radius 1 is 1.18 bits per heavy atom. The van der Waals surface area contributed by atoms with Gasteiger partial charge in [-0.3, -0.25) is 0 Å². The molecule has 3 fully saturated rings. The molecule has 2 aliphatic carbocycles. The first-order valence-corrected chi connectivity index (χ1v) is 7.36. The van der Waals surface area contributed by atoms with Crippen LogP contribution in [0.2, 0.25) is 0 Å². The fraction of sp³-hybridized carbons (Fsp3) is 1.00. The molecule has 0 amide bonds. The van der Waals surface area contributed by atoms with Crippen LogP contribution < -0.4 is 5.32 Å². The van der Waals surface area contributed by atoms with Crippen LogP contribution in [0.4, 0.5) is 0 Å². The Labute approximate surface area is 106 Å². The monoisotopic (exact) mass is 236 g/mol. The molecule has 2 nitrogen and oxygen atoms in total. The molecule has 2 saturated carbocycles. The highest BCUT2D eigenvalue weighted by molar-refractivity contribution is 5.12. The second kappa shape index (κ2) is 3.71. The highest BCUT2D eigenvalue weighted by Gasteiger charge is 2.59. The predicted octanol–water partition coefficient (Wildman–Crippen LogP) is 2.49. The van der Waals surface area contributed by atoms with Crippen LogP contribution in [0, 0.1) is 16.7 Å². The number of nitrogens with one attached hydrogen (secondary N) is 1. The topological polar surface area (TPSA) is 15.3 Å². The van der Waals surface area contributed by atoms with E-state index in [0.717, 1.165) is 18.0 Å². The van der Waals surface area contributed by atoms with Gasteiger partial charge in [-0.1, -0.05) is 20.8 Å². The Morgan fingerprint density at radius 2 is 1.94 bits per heavy atom. The smallest absolute Gasteiger partial charge is 0.0210 e. The SMILES string of the molecule is CN1CCC(NC2C3(C)CCC(C3)C2(C)C)C1. The minimum atomic E-state index is 0.508. The van der Waals surface area contributed by atoms with Crippen LogP contribution in [0.15, 0.2) is 0 Å². The highest BCUT2D eigenvalue weighted by atomic mass is 15.2. The summed E-state index contributed by atoms with van der Waals surface area (Å²) in [6, 6.07) is 1.48. The Balaban J connectivity index is 1.74. The zero-order valence-corrected chi connectivity index (χ0v) is 11.9. The largest absolute Gasteiger partial charge is 0.309 e. The van der Waals surface area contributed by atoms with Crippen LogP contribution in [0.25, 0.3) is 0 Å². The Bertz CT molecular complexity index is 307. The molecule has 1 heterocycles.